The van der Waals surface area contributed by atoms with Gasteiger partial charge in [0.1, 0.15) is 0 Å². The highest BCUT2D eigenvalue weighted by Gasteiger charge is 2.72. The van der Waals surface area contributed by atoms with Gasteiger partial charge >= 0.3 is 18.0 Å². The summed E-state index contributed by atoms with van der Waals surface area (Å²) in [7, 11) is 0. The quantitative estimate of drug-likeness (QED) is 0.311. The molecule has 0 aliphatic carbocycles. The fourth-order valence-electron chi connectivity index (χ4n) is 0.439. The molecule has 4 N–H and O–H groups in total. The van der Waals surface area contributed by atoms with Crippen molar-refractivity contribution in [3.05, 3.63) is 0 Å². The van der Waals surface area contributed by atoms with E-state index in [1.165, 1.54) is 0 Å². The fraction of sp³-hybridized carbons (Fsp3) is 1.00. The van der Waals surface area contributed by atoms with E-state index in [2.05, 4.69) is 0 Å². The van der Waals surface area contributed by atoms with Gasteiger partial charge in [0, 0.05) is 0 Å². The van der Waals surface area contributed by atoms with Crippen LogP contribution >= 0.6 is 0 Å². The van der Waals surface area contributed by atoms with Gasteiger partial charge in [0.25, 0.3) is 0 Å². The molecule has 0 amide bonds. The highest BCUT2D eigenvalue weighted by atomic mass is 19.4. The molecule has 0 fully saturated rings. The lowest BCUT2D eigenvalue weighted by molar-refractivity contribution is -0.358. The molecule has 10 heteroatoms. The van der Waals surface area contributed by atoms with Crippen molar-refractivity contribution in [2.45, 2.75) is 18.0 Å². The Bertz CT molecular complexity index is 156. The Labute approximate surface area is 67.1 Å². The monoisotopic (exact) mass is 214 g/mol. The molecule has 0 aromatic heterocycles. The van der Waals surface area contributed by atoms with Gasteiger partial charge in [0.15, 0.2) is 0 Å². The topological polar surface area (TPSA) is 64.5 Å². The van der Waals surface area contributed by atoms with E-state index >= 15 is 0 Å². The van der Waals surface area contributed by atoms with Crippen molar-refractivity contribution in [1.29, 1.82) is 0 Å². The molecule has 0 aromatic carbocycles. The van der Waals surface area contributed by atoms with Gasteiger partial charge in [0.2, 0.25) is 0 Å². The maximum absolute atomic E-state index is 11.7. The fourth-order valence-corrected chi connectivity index (χ4v) is 0.439. The predicted molar refractivity (Wildman–Crippen MR) is 24.7 cm³/mol. The number of hydrogen-bond donors (Lipinski definition) is 4. The van der Waals surface area contributed by atoms with Crippen molar-refractivity contribution in [2.75, 3.05) is 0 Å². The molecule has 0 aliphatic heterocycles. The second-order valence-corrected chi connectivity index (χ2v) is 1.97. The van der Waals surface area contributed by atoms with Crippen molar-refractivity contribution in [2.24, 2.45) is 0 Å². The smallest absolute Gasteiger partial charge is 0.314 e. The highest BCUT2D eigenvalue weighted by Crippen LogP contribution is 2.40. The maximum atomic E-state index is 11.7. The van der Waals surface area contributed by atoms with Crippen LogP contribution in [0.25, 0.3) is 0 Å². The number of rotatable bonds is 2. The normalized spacial score (nSPS) is 14.8. The molecule has 80 valence electrons. The zero-order valence-corrected chi connectivity index (χ0v) is 5.66. The van der Waals surface area contributed by atoms with Crippen LogP contribution in [0.15, 0.2) is 0 Å². The van der Waals surface area contributed by atoms with Crippen LogP contribution in [0.5, 0.6) is 0 Å². The highest BCUT2D eigenvalue weighted by molar-refractivity contribution is 4.94. The summed E-state index contributed by atoms with van der Waals surface area (Å²) in [6.07, 6.45) is -11.9. The van der Waals surface area contributed by atoms with Gasteiger partial charge in [-0.05, 0) is 0 Å². The van der Waals surface area contributed by atoms with Gasteiger partial charge in [-0.25, -0.2) is 0 Å². The lowest BCUT2D eigenvalue weighted by Crippen LogP contribution is -2.72. The van der Waals surface area contributed by atoms with E-state index in [1.807, 2.05) is 0 Å². The van der Waals surface area contributed by atoms with Crippen molar-refractivity contribution < 1.29 is 36.8 Å². The first-order valence-corrected chi connectivity index (χ1v) is 2.58. The predicted octanol–water partition coefficient (Wildman–Crippen LogP) is 0.765. The summed E-state index contributed by atoms with van der Waals surface area (Å²) in [4.78, 5) is 0. The number of hydrogen-bond acceptors (Lipinski definition) is 4. The number of hydroxylamine groups is 2. The summed E-state index contributed by atoms with van der Waals surface area (Å²) >= 11 is 0. The van der Waals surface area contributed by atoms with E-state index in [9.17, 15) is 26.3 Å². The second-order valence-electron chi connectivity index (χ2n) is 1.97. The van der Waals surface area contributed by atoms with E-state index in [4.69, 9.17) is 10.4 Å². The van der Waals surface area contributed by atoms with Gasteiger partial charge in [-0.3, -0.25) is 0 Å². The lowest BCUT2D eigenvalue weighted by atomic mass is 10.2. The summed E-state index contributed by atoms with van der Waals surface area (Å²) < 4.78 is 70.2. The minimum atomic E-state index is -5.95. The van der Waals surface area contributed by atoms with E-state index in [0.29, 0.717) is 0 Å². The van der Waals surface area contributed by atoms with E-state index in [-0.39, 0.29) is 11.0 Å². The van der Waals surface area contributed by atoms with Gasteiger partial charge in [-0.1, -0.05) is 0 Å². The molecule has 0 spiro atoms. The summed E-state index contributed by atoms with van der Waals surface area (Å²) in [5, 5.41) is 15.5. The van der Waals surface area contributed by atoms with Crippen molar-refractivity contribution in [3.8, 4) is 0 Å². The molecule has 0 unspecified atom stereocenters. The van der Waals surface area contributed by atoms with E-state index in [1.54, 1.807) is 0 Å². The Morgan fingerprint density at radius 3 is 0.923 bits per heavy atom. The zero-order chi connectivity index (χ0) is 10.9. The molecule has 0 radical (unpaired) electrons. The zero-order valence-electron chi connectivity index (χ0n) is 5.66. The Morgan fingerprint density at radius 2 is 0.923 bits per heavy atom. The van der Waals surface area contributed by atoms with Gasteiger partial charge in [-0.15, -0.1) is 0 Å². The number of alkyl halides is 6. The van der Waals surface area contributed by atoms with Crippen LogP contribution in [0.3, 0.4) is 0 Å². The summed E-state index contributed by atoms with van der Waals surface area (Å²) in [5.41, 5.74) is -5.06. The first-order chi connectivity index (χ1) is 5.62. The first kappa shape index (κ1) is 12.4. The third kappa shape index (κ3) is 1.85. The average Bonchev–Trinajstić information content (AvgIpc) is 1.84. The molecular weight excluding hydrogens is 210 g/mol. The molecule has 0 aromatic rings. The Balaban J connectivity index is 5.17. The Morgan fingerprint density at radius 1 is 0.692 bits per heavy atom. The molecule has 4 nitrogen and oxygen atoms in total. The number of nitrogens with one attached hydrogen (secondary N) is 2. The van der Waals surface area contributed by atoms with Crippen LogP contribution in [-0.2, 0) is 0 Å². The summed E-state index contributed by atoms with van der Waals surface area (Å²) in [5.74, 6) is 0. The molecule has 0 saturated heterocycles. The van der Waals surface area contributed by atoms with E-state index < -0.39 is 18.0 Å². The van der Waals surface area contributed by atoms with Crippen LogP contribution in [0.2, 0.25) is 0 Å². The second kappa shape index (κ2) is 3.29. The van der Waals surface area contributed by atoms with E-state index in [0.717, 1.165) is 0 Å². The van der Waals surface area contributed by atoms with Crippen LogP contribution in [0.1, 0.15) is 0 Å². The van der Waals surface area contributed by atoms with Crippen LogP contribution < -0.4 is 11.0 Å². The molecule has 0 saturated carbocycles. The molecule has 0 atom stereocenters. The summed E-state index contributed by atoms with van der Waals surface area (Å²) in [6, 6.07) is 0. The third-order valence-corrected chi connectivity index (χ3v) is 1.19. The molecular formula is C3H4F6N2O2. The molecule has 13 heavy (non-hydrogen) atoms. The molecule has 0 bridgehead atoms. The van der Waals surface area contributed by atoms with Crippen molar-refractivity contribution in [1.82, 2.24) is 11.0 Å². The lowest BCUT2D eigenvalue weighted by Gasteiger charge is -2.33. The van der Waals surface area contributed by atoms with Crippen LogP contribution in [-0.4, -0.2) is 28.4 Å². The molecule has 0 aliphatic rings. The SMILES string of the molecule is ONC(NO)(C(F)(F)F)C(F)(F)F. The van der Waals surface area contributed by atoms with Crippen LogP contribution in [0, 0.1) is 0 Å². The Hall–Kier alpha value is -0.580. The summed E-state index contributed by atoms with van der Waals surface area (Å²) in [6.45, 7) is 0. The first-order valence-electron chi connectivity index (χ1n) is 2.58. The Kier molecular flexibility index (Phi) is 3.14. The minimum Gasteiger partial charge on any atom is -0.314 e. The van der Waals surface area contributed by atoms with Crippen LogP contribution in [0.4, 0.5) is 26.3 Å². The van der Waals surface area contributed by atoms with Gasteiger partial charge < -0.3 is 10.4 Å². The number of halogens is 6. The average molecular weight is 214 g/mol. The molecule has 0 rings (SSSR count). The standard InChI is InChI=1S/C3H4F6N2O2/c4-2(5,6)1(10-12,11-13)3(7,8)9/h10-13H. The van der Waals surface area contributed by atoms with Gasteiger partial charge in [-0.2, -0.15) is 37.3 Å². The van der Waals surface area contributed by atoms with Crippen molar-refractivity contribution in [3.63, 3.8) is 0 Å². The van der Waals surface area contributed by atoms with Crippen molar-refractivity contribution >= 4 is 0 Å². The largest absolute Gasteiger partial charge is 0.433 e. The third-order valence-electron chi connectivity index (χ3n) is 1.19. The molecule has 0 heterocycles. The minimum absolute atomic E-state index is 0.0660. The van der Waals surface area contributed by atoms with Gasteiger partial charge in [0.05, 0.1) is 0 Å². The maximum Gasteiger partial charge on any atom is 0.433 e.